The molecule has 9 aromatic carbocycles. The minimum atomic E-state index is 0.607. The summed E-state index contributed by atoms with van der Waals surface area (Å²) < 4.78 is 6.44. The molecule has 254 valence electrons. The van der Waals surface area contributed by atoms with Gasteiger partial charge in [0.25, 0.3) is 0 Å². The van der Waals surface area contributed by atoms with Crippen molar-refractivity contribution in [1.82, 2.24) is 15.0 Å². The van der Waals surface area contributed by atoms with Gasteiger partial charge in [-0.1, -0.05) is 133 Å². The number of benzene rings is 9. The van der Waals surface area contributed by atoms with E-state index < -0.39 is 0 Å². The summed E-state index contributed by atoms with van der Waals surface area (Å²) in [5.74, 6) is 0.623. The zero-order valence-electron chi connectivity index (χ0n) is 29.5. The van der Waals surface area contributed by atoms with Crippen LogP contribution in [0.25, 0.3) is 120 Å². The predicted octanol–water partition coefficient (Wildman–Crippen LogP) is 13.7. The third kappa shape index (κ3) is 4.62. The van der Waals surface area contributed by atoms with Gasteiger partial charge in [-0.3, -0.25) is 0 Å². The number of fused-ring (bicyclic) bond motifs is 16. The lowest BCUT2D eigenvalue weighted by Gasteiger charge is -2.12. The first-order chi connectivity index (χ1) is 27.2. The molecule has 0 radical (unpaired) electrons. The number of rotatable bonds is 2. The van der Waals surface area contributed by atoms with Crippen LogP contribution in [0.5, 0.6) is 0 Å². The summed E-state index contributed by atoms with van der Waals surface area (Å²) in [4.78, 5) is 15.6. The molecule has 0 fully saturated rings. The summed E-state index contributed by atoms with van der Waals surface area (Å²) in [6, 6.07) is 62.6. The van der Waals surface area contributed by atoms with Crippen LogP contribution < -0.4 is 0 Å². The van der Waals surface area contributed by atoms with Crippen LogP contribution in [0.15, 0.2) is 180 Å². The lowest BCUT2D eigenvalue weighted by atomic mass is 9.91. The second kappa shape index (κ2) is 11.5. The van der Waals surface area contributed by atoms with E-state index in [1.165, 1.54) is 32.3 Å². The topological polar surface area (TPSA) is 51.8 Å². The van der Waals surface area contributed by atoms with Crippen LogP contribution in [0.4, 0.5) is 0 Å². The summed E-state index contributed by atoms with van der Waals surface area (Å²) in [7, 11) is 0. The van der Waals surface area contributed by atoms with Gasteiger partial charge < -0.3 is 4.42 Å². The first-order valence-corrected chi connectivity index (χ1v) is 18.6. The van der Waals surface area contributed by atoms with Crippen LogP contribution in [-0.2, 0) is 0 Å². The van der Waals surface area contributed by atoms with Gasteiger partial charge in [0.1, 0.15) is 11.2 Å². The van der Waals surface area contributed by atoms with E-state index in [1.54, 1.807) is 0 Å². The van der Waals surface area contributed by atoms with E-state index in [4.69, 9.17) is 19.4 Å². The third-order valence-electron chi connectivity index (χ3n) is 11.2. The largest absolute Gasteiger partial charge is 0.456 e. The predicted molar refractivity (Wildman–Crippen MR) is 229 cm³/mol. The maximum atomic E-state index is 6.44. The summed E-state index contributed by atoms with van der Waals surface area (Å²) in [5, 5.41) is 15.8. The maximum Gasteiger partial charge on any atom is 0.164 e. The number of hydrogen-bond donors (Lipinski definition) is 0. The molecular weight excluding hydrogens is 671 g/mol. The molecule has 4 heteroatoms. The van der Waals surface area contributed by atoms with E-state index in [-0.39, 0.29) is 0 Å². The van der Waals surface area contributed by atoms with Crippen molar-refractivity contribution in [2.75, 3.05) is 0 Å². The molecule has 0 saturated carbocycles. The average molecular weight is 700 g/mol. The highest BCUT2D eigenvalue weighted by atomic mass is 16.3. The second-order valence-corrected chi connectivity index (χ2v) is 14.4. The van der Waals surface area contributed by atoms with Crippen LogP contribution >= 0.6 is 0 Å². The van der Waals surface area contributed by atoms with Gasteiger partial charge in [0, 0.05) is 27.1 Å². The Labute approximate surface area is 314 Å². The summed E-state index contributed by atoms with van der Waals surface area (Å²) >= 11 is 0. The minimum Gasteiger partial charge on any atom is -0.456 e. The van der Waals surface area contributed by atoms with E-state index in [2.05, 4.69) is 146 Å². The molecule has 0 aliphatic carbocycles. The fourth-order valence-electron chi connectivity index (χ4n) is 8.68. The van der Waals surface area contributed by atoms with Gasteiger partial charge in [-0.25, -0.2) is 15.0 Å². The van der Waals surface area contributed by atoms with Crippen molar-refractivity contribution in [3.8, 4) is 22.5 Å². The van der Waals surface area contributed by atoms with Crippen molar-refractivity contribution in [2.24, 2.45) is 0 Å². The third-order valence-corrected chi connectivity index (χ3v) is 11.2. The van der Waals surface area contributed by atoms with E-state index in [0.717, 1.165) is 70.9 Å². The lowest BCUT2D eigenvalue weighted by molar-refractivity contribution is 0.669. The van der Waals surface area contributed by atoms with Crippen molar-refractivity contribution in [1.29, 1.82) is 0 Å². The molecule has 0 amide bonds. The van der Waals surface area contributed by atoms with E-state index in [9.17, 15) is 0 Å². The number of hydrogen-bond acceptors (Lipinski definition) is 4. The Balaban J connectivity index is 1.27. The normalized spacial score (nSPS) is 12.0. The maximum absolute atomic E-state index is 6.44. The molecule has 55 heavy (non-hydrogen) atoms. The zero-order chi connectivity index (χ0) is 36.0. The molecule has 0 aliphatic heterocycles. The quantitative estimate of drug-likeness (QED) is 0.169. The fourth-order valence-corrected chi connectivity index (χ4v) is 8.68. The molecule has 0 N–H and O–H groups in total. The van der Waals surface area contributed by atoms with E-state index in [0.29, 0.717) is 17.1 Å². The lowest BCUT2D eigenvalue weighted by Crippen LogP contribution is -1.94. The SMILES string of the molecule is c1ccc(-c2nc3nc(n2)c2cccc4oc5ccc(cc5c42)c2ccccc2c2cc(-c4ccc5c6ccccc6c6ccccc6c5c4)cc3c2)cc1. The summed E-state index contributed by atoms with van der Waals surface area (Å²) in [6.45, 7) is 0. The van der Waals surface area contributed by atoms with Gasteiger partial charge in [0.05, 0.1) is 0 Å². The number of aromatic nitrogens is 3. The van der Waals surface area contributed by atoms with Crippen molar-refractivity contribution in [3.63, 3.8) is 0 Å². The molecule has 12 aromatic rings. The molecule has 0 unspecified atom stereocenters. The standard InChI is InChI=1S/C51H29N3O/c1-2-11-30(12-3-1)49-52-50-35-26-33(31-21-23-42-40-17-7-6-15-38(40)39-16-8-9-18-41(39)44(42)28-31)25-34(27-35)37-14-5-4-13-36(37)32-22-24-46-45(29-32)48-43(51(53-49)54-50)19-10-20-47(48)55-46/h1-29H. The summed E-state index contributed by atoms with van der Waals surface area (Å²) in [6.07, 6.45) is 0. The van der Waals surface area contributed by atoms with Crippen LogP contribution in [-0.4, -0.2) is 15.0 Å². The number of furan rings is 1. The molecule has 12 rings (SSSR count). The molecule has 4 nitrogen and oxygen atoms in total. The van der Waals surface area contributed by atoms with Crippen molar-refractivity contribution < 1.29 is 4.42 Å². The summed E-state index contributed by atoms with van der Waals surface area (Å²) in [5.41, 5.74) is 6.00. The smallest absolute Gasteiger partial charge is 0.164 e. The Kier molecular flexibility index (Phi) is 6.31. The molecule has 0 saturated heterocycles. The molecule has 0 aliphatic rings. The molecule has 3 aromatic heterocycles. The second-order valence-electron chi connectivity index (χ2n) is 14.4. The highest BCUT2D eigenvalue weighted by Crippen LogP contribution is 2.39. The van der Waals surface area contributed by atoms with Gasteiger partial charge >= 0.3 is 0 Å². The van der Waals surface area contributed by atoms with Crippen LogP contribution in [0, 0.1) is 0 Å². The fraction of sp³-hybridized carbons (Fsp3) is 0. The first kappa shape index (κ1) is 30.1. The van der Waals surface area contributed by atoms with E-state index >= 15 is 0 Å². The zero-order valence-corrected chi connectivity index (χ0v) is 29.5. The van der Waals surface area contributed by atoms with Gasteiger partial charge in [-0.05, 0) is 107 Å². The van der Waals surface area contributed by atoms with Gasteiger partial charge in [0.2, 0.25) is 0 Å². The van der Waals surface area contributed by atoms with Crippen molar-refractivity contribution >= 4 is 97.9 Å². The molecule has 3 heterocycles. The van der Waals surface area contributed by atoms with Crippen LogP contribution in [0.3, 0.4) is 0 Å². The Morgan fingerprint density at radius 2 is 0.909 bits per heavy atom. The Morgan fingerprint density at radius 3 is 1.67 bits per heavy atom. The van der Waals surface area contributed by atoms with Crippen molar-refractivity contribution in [2.45, 2.75) is 0 Å². The Morgan fingerprint density at radius 1 is 0.291 bits per heavy atom. The van der Waals surface area contributed by atoms with Gasteiger partial charge in [0.15, 0.2) is 17.1 Å². The molecular formula is C51H29N3O. The van der Waals surface area contributed by atoms with E-state index in [1.807, 2.05) is 30.3 Å². The van der Waals surface area contributed by atoms with Gasteiger partial charge in [-0.15, -0.1) is 0 Å². The van der Waals surface area contributed by atoms with Crippen LogP contribution in [0.2, 0.25) is 0 Å². The van der Waals surface area contributed by atoms with Gasteiger partial charge in [-0.2, -0.15) is 0 Å². The average Bonchev–Trinajstić information content (AvgIpc) is 3.64. The monoisotopic (exact) mass is 699 g/mol. The molecule has 0 spiro atoms. The van der Waals surface area contributed by atoms with Crippen LogP contribution in [0.1, 0.15) is 0 Å². The highest BCUT2D eigenvalue weighted by molar-refractivity contribution is 6.26. The minimum absolute atomic E-state index is 0.607. The Hall–Kier alpha value is -7.43. The first-order valence-electron chi connectivity index (χ1n) is 18.6. The number of nitrogens with zero attached hydrogens (tertiary/aromatic N) is 3. The highest BCUT2D eigenvalue weighted by Gasteiger charge is 2.15. The molecule has 6 bridgehead atoms. The Bertz CT molecular complexity index is 3570. The van der Waals surface area contributed by atoms with Crippen molar-refractivity contribution in [3.05, 3.63) is 176 Å². The molecule has 0 atom stereocenters.